The molecule has 1 aliphatic heterocycles. The first kappa shape index (κ1) is 30.7. The van der Waals surface area contributed by atoms with Gasteiger partial charge in [-0.25, -0.2) is 13.5 Å². The van der Waals surface area contributed by atoms with Crippen LogP contribution < -0.4 is 4.90 Å². The van der Waals surface area contributed by atoms with E-state index in [0.29, 0.717) is 24.9 Å². The van der Waals surface area contributed by atoms with Gasteiger partial charge in [-0.2, -0.15) is 0 Å². The second-order valence-electron chi connectivity index (χ2n) is 10.5. The predicted molar refractivity (Wildman–Crippen MR) is 149 cm³/mol. The first-order valence-electron chi connectivity index (χ1n) is 13.4. The fourth-order valence-electron chi connectivity index (χ4n) is 5.73. The predicted octanol–water partition coefficient (Wildman–Crippen LogP) is 3.46. The number of benzene rings is 2. The molecule has 1 saturated heterocycles. The van der Waals surface area contributed by atoms with Crippen molar-refractivity contribution >= 4 is 34.8 Å². The van der Waals surface area contributed by atoms with E-state index < -0.39 is 66.8 Å². The highest BCUT2D eigenvalue weighted by atomic mass is 35.5. The number of methoxy groups -OCH3 is 1. The number of halogens is 4. The molecule has 1 amide bonds. The van der Waals surface area contributed by atoms with Gasteiger partial charge in [-0.05, 0) is 56.5 Å². The highest BCUT2D eigenvalue weighted by Crippen LogP contribution is 2.38. The van der Waals surface area contributed by atoms with Crippen LogP contribution in [0, 0.1) is 18.6 Å². The Morgan fingerprint density at radius 2 is 1.81 bits per heavy atom. The van der Waals surface area contributed by atoms with E-state index in [4.69, 9.17) is 32.7 Å². The second kappa shape index (κ2) is 12.5. The first-order chi connectivity index (χ1) is 20.0. The van der Waals surface area contributed by atoms with Crippen LogP contribution in [-0.2, 0) is 14.3 Å². The topological polar surface area (TPSA) is 130 Å². The minimum Gasteiger partial charge on any atom is -0.394 e. The maximum Gasteiger partial charge on any atom is 0.259 e. The number of rotatable bonds is 7. The summed E-state index contributed by atoms with van der Waals surface area (Å²) in [7, 11) is 1.32. The quantitative estimate of drug-likeness (QED) is 0.363. The van der Waals surface area contributed by atoms with Crippen molar-refractivity contribution in [3.05, 3.63) is 63.8 Å². The minimum absolute atomic E-state index is 0.106. The largest absolute Gasteiger partial charge is 0.394 e. The maximum absolute atomic E-state index is 14.3. The number of amides is 1. The van der Waals surface area contributed by atoms with Crippen LogP contribution in [-0.4, -0.2) is 86.5 Å². The molecule has 2 heterocycles. The van der Waals surface area contributed by atoms with E-state index in [1.54, 1.807) is 12.1 Å². The number of aromatic nitrogens is 3. The van der Waals surface area contributed by atoms with E-state index >= 15 is 0 Å². The van der Waals surface area contributed by atoms with Crippen LogP contribution in [0.4, 0.5) is 14.5 Å². The van der Waals surface area contributed by atoms with Gasteiger partial charge < -0.3 is 29.7 Å². The van der Waals surface area contributed by atoms with Gasteiger partial charge in [-0.1, -0.05) is 28.4 Å². The lowest BCUT2D eigenvalue weighted by Gasteiger charge is -2.45. The molecule has 5 unspecified atom stereocenters. The summed E-state index contributed by atoms with van der Waals surface area (Å²) in [6.45, 7) is 0.660. The van der Waals surface area contributed by atoms with Crippen molar-refractivity contribution in [2.75, 3.05) is 18.6 Å². The molecule has 2 fully saturated rings. The molecular formula is C28H30Cl2F2N4O6. The lowest BCUT2D eigenvalue weighted by atomic mass is 9.91. The van der Waals surface area contributed by atoms with E-state index in [2.05, 4.69) is 10.3 Å². The molecule has 7 atom stereocenters. The number of carbonyl (C=O) groups is 1. The van der Waals surface area contributed by atoms with Crippen molar-refractivity contribution in [1.82, 2.24) is 15.0 Å². The van der Waals surface area contributed by atoms with E-state index in [1.165, 1.54) is 35.9 Å². The Labute approximate surface area is 250 Å². The number of aliphatic hydroxyl groups excluding tert-OH is 3. The van der Waals surface area contributed by atoms with E-state index in [0.717, 1.165) is 12.1 Å². The zero-order chi connectivity index (χ0) is 30.3. The fourth-order valence-corrected chi connectivity index (χ4v) is 6.24. The van der Waals surface area contributed by atoms with Gasteiger partial charge in [0.1, 0.15) is 41.7 Å². The highest BCUT2D eigenvalue weighted by Gasteiger charge is 2.52. The molecule has 1 aromatic heterocycles. The van der Waals surface area contributed by atoms with Gasteiger partial charge in [0.2, 0.25) is 0 Å². The van der Waals surface area contributed by atoms with Crippen molar-refractivity contribution in [1.29, 1.82) is 0 Å². The minimum atomic E-state index is -1.42. The van der Waals surface area contributed by atoms with Crippen molar-refractivity contribution < 1.29 is 38.4 Å². The molecule has 42 heavy (non-hydrogen) atoms. The third kappa shape index (κ3) is 5.77. The second-order valence-corrected chi connectivity index (χ2v) is 11.4. The normalized spacial score (nSPS) is 27.8. The number of aliphatic hydroxyl groups is 3. The summed E-state index contributed by atoms with van der Waals surface area (Å²) in [5.74, 6) is -2.15. The van der Waals surface area contributed by atoms with Crippen LogP contribution in [0.5, 0.6) is 0 Å². The number of ether oxygens (including phenoxy) is 2. The Balaban J connectivity index is 1.54. The average molecular weight is 627 g/mol. The molecule has 3 aromatic rings. The Morgan fingerprint density at radius 1 is 1.14 bits per heavy atom. The summed E-state index contributed by atoms with van der Waals surface area (Å²) in [5.41, 5.74) is 0.407. The Kier molecular flexibility index (Phi) is 9.14. The maximum atomic E-state index is 14.3. The van der Waals surface area contributed by atoms with Crippen LogP contribution in [0.2, 0.25) is 10.0 Å². The molecule has 5 rings (SSSR count). The first-order valence-corrected chi connectivity index (χ1v) is 14.1. The van der Waals surface area contributed by atoms with Crippen LogP contribution >= 0.6 is 23.2 Å². The van der Waals surface area contributed by atoms with E-state index in [-0.39, 0.29) is 26.9 Å². The zero-order valence-corrected chi connectivity index (χ0v) is 24.2. The molecule has 2 aromatic carbocycles. The van der Waals surface area contributed by atoms with Crippen molar-refractivity contribution in [3.63, 3.8) is 0 Å². The molecule has 226 valence electrons. The number of anilines is 1. The van der Waals surface area contributed by atoms with Gasteiger partial charge in [0.25, 0.3) is 5.91 Å². The lowest BCUT2D eigenvalue weighted by Crippen LogP contribution is -2.62. The van der Waals surface area contributed by atoms with Crippen LogP contribution in [0.3, 0.4) is 0 Å². The highest BCUT2D eigenvalue weighted by molar-refractivity contribution is 6.35. The van der Waals surface area contributed by atoms with E-state index in [1.807, 2.05) is 0 Å². The van der Waals surface area contributed by atoms with Gasteiger partial charge in [-0.3, -0.25) is 4.79 Å². The molecule has 3 N–H and O–H groups in total. The summed E-state index contributed by atoms with van der Waals surface area (Å²) >= 11 is 12.5. The van der Waals surface area contributed by atoms with Crippen LogP contribution in [0.15, 0.2) is 36.5 Å². The lowest BCUT2D eigenvalue weighted by molar-refractivity contribution is -0.211. The number of hydrogen-bond donors (Lipinski definition) is 3. The standard InChI is InChI=1S/C28H30Cl2F2N4O6/c1-13-18(31)6-14(7-19(13)32)20-11-35(34-33-20)24-25(39)23(12-37)42-27(26(24)41-2)28(40)36(21-4-3-5-22(21)38)17-9-15(29)8-16(30)10-17/h6-11,21-27,37-39H,3-5,12H2,1-2H3/t21-,22-,23?,24?,25?,26?,27?/m0/s1. The molecule has 0 spiro atoms. The van der Waals surface area contributed by atoms with Crippen LogP contribution in [0.1, 0.15) is 30.9 Å². The summed E-state index contributed by atoms with van der Waals surface area (Å²) < 4.78 is 41.4. The molecular weight excluding hydrogens is 597 g/mol. The average Bonchev–Trinajstić information content (AvgIpc) is 3.60. The SMILES string of the molecule is COC1C(C(=O)N(c2cc(Cl)cc(Cl)c2)[C@H]2CCC[C@@H]2O)OC(CO)C(O)C1n1cc(-c2cc(F)c(C)c(F)c2)nn1. The van der Waals surface area contributed by atoms with Crippen LogP contribution in [0.25, 0.3) is 11.3 Å². The van der Waals surface area contributed by atoms with Gasteiger partial charge in [0, 0.05) is 34.0 Å². The number of nitrogens with zero attached hydrogens (tertiary/aromatic N) is 4. The van der Waals surface area contributed by atoms with Crippen molar-refractivity contribution in [2.45, 2.75) is 68.8 Å². The fraction of sp³-hybridized carbons (Fsp3) is 0.464. The Morgan fingerprint density at radius 3 is 2.38 bits per heavy atom. The van der Waals surface area contributed by atoms with E-state index in [9.17, 15) is 28.9 Å². The summed E-state index contributed by atoms with van der Waals surface area (Å²) in [6, 6.07) is 5.08. The summed E-state index contributed by atoms with van der Waals surface area (Å²) in [6.07, 6.45) is -3.06. The van der Waals surface area contributed by atoms with Crippen molar-refractivity contribution in [3.8, 4) is 11.3 Å². The molecule has 1 saturated carbocycles. The number of carbonyl (C=O) groups excluding carboxylic acids is 1. The number of hydrogen-bond acceptors (Lipinski definition) is 8. The Hall–Kier alpha value is -2.71. The van der Waals surface area contributed by atoms with Gasteiger partial charge in [0.15, 0.2) is 6.10 Å². The monoisotopic (exact) mass is 626 g/mol. The van der Waals surface area contributed by atoms with Gasteiger partial charge >= 0.3 is 0 Å². The van der Waals surface area contributed by atoms with Gasteiger partial charge in [0.05, 0.1) is 24.9 Å². The molecule has 14 heteroatoms. The Bertz CT molecular complexity index is 1420. The molecule has 0 bridgehead atoms. The smallest absolute Gasteiger partial charge is 0.259 e. The summed E-state index contributed by atoms with van der Waals surface area (Å²) in [4.78, 5) is 15.7. The molecule has 0 radical (unpaired) electrons. The van der Waals surface area contributed by atoms with Gasteiger partial charge in [-0.15, -0.1) is 5.10 Å². The summed E-state index contributed by atoms with van der Waals surface area (Å²) in [5, 5.41) is 40.7. The zero-order valence-electron chi connectivity index (χ0n) is 22.7. The molecule has 1 aliphatic carbocycles. The van der Waals surface area contributed by atoms with Crippen molar-refractivity contribution in [2.24, 2.45) is 0 Å². The molecule has 2 aliphatic rings. The molecule has 10 nitrogen and oxygen atoms in total. The third-order valence-electron chi connectivity index (χ3n) is 7.91. The third-order valence-corrected chi connectivity index (χ3v) is 8.35.